The average molecular weight is 589 g/mol. The van der Waals surface area contributed by atoms with Crippen molar-refractivity contribution in [2.24, 2.45) is 0 Å². The summed E-state index contributed by atoms with van der Waals surface area (Å²) >= 11 is 5.96. The van der Waals surface area contributed by atoms with Gasteiger partial charge in [-0.2, -0.15) is 17.9 Å². The van der Waals surface area contributed by atoms with Crippen molar-refractivity contribution in [1.82, 2.24) is 19.3 Å². The van der Waals surface area contributed by atoms with E-state index in [0.29, 0.717) is 30.7 Å². The summed E-state index contributed by atoms with van der Waals surface area (Å²) in [7, 11) is 0. The Labute approximate surface area is 230 Å². The van der Waals surface area contributed by atoms with Crippen molar-refractivity contribution in [2.45, 2.75) is 64.8 Å². The molecule has 2 aromatic heterocycles. The molecule has 8 nitrogen and oxygen atoms in total. The van der Waals surface area contributed by atoms with Gasteiger partial charge in [0.2, 0.25) is 0 Å². The molecule has 14 heteroatoms. The van der Waals surface area contributed by atoms with Gasteiger partial charge in [-0.3, -0.25) is 4.57 Å². The molecule has 0 N–H and O–H groups in total. The lowest BCUT2D eigenvalue weighted by atomic mass is 10.1. The largest absolute Gasteiger partial charge is 0.480 e. The Kier molecular flexibility index (Phi) is 9.26. The van der Waals surface area contributed by atoms with Crippen molar-refractivity contribution < 1.29 is 36.2 Å². The predicted octanol–water partition coefficient (Wildman–Crippen LogP) is 6.08. The van der Waals surface area contributed by atoms with Crippen LogP contribution in [0.3, 0.4) is 0 Å². The number of pyridine rings is 1. The van der Waals surface area contributed by atoms with Gasteiger partial charge in [-0.05, 0) is 51.3 Å². The highest BCUT2D eigenvalue weighted by Gasteiger charge is 2.39. The topological polar surface area (TPSA) is 80.4 Å². The number of ether oxygens (including phenoxy) is 3. The molecule has 1 aromatic carbocycles. The summed E-state index contributed by atoms with van der Waals surface area (Å²) in [4.78, 5) is 16.9. The Bertz CT molecular complexity index is 1430. The van der Waals surface area contributed by atoms with Gasteiger partial charge in [-0.25, -0.2) is 18.6 Å². The zero-order chi connectivity index (χ0) is 29.0. The molecule has 0 spiro atoms. The Morgan fingerprint density at radius 1 is 1.32 bits per heavy atom. The molecule has 4 rings (SSSR count). The first-order valence-electron chi connectivity index (χ1n) is 12.5. The molecule has 1 aliphatic rings. The fourth-order valence-electron chi connectivity index (χ4n) is 4.00. The molecule has 0 bridgehead atoms. The minimum atomic E-state index is -4.81. The van der Waals surface area contributed by atoms with E-state index in [-0.39, 0.29) is 29.7 Å². The van der Waals surface area contributed by atoms with Crippen molar-refractivity contribution in [3.05, 3.63) is 68.9 Å². The molecule has 0 radical (unpaired) electrons. The van der Waals surface area contributed by atoms with E-state index in [1.807, 2.05) is 0 Å². The molecule has 40 heavy (non-hydrogen) atoms. The zero-order valence-electron chi connectivity index (χ0n) is 21.6. The monoisotopic (exact) mass is 588 g/mol. The van der Waals surface area contributed by atoms with Crippen molar-refractivity contribution >= 4 is 23.5 Å². The molecule has 0 aliphatic carbocycles. The first-order chi connectivity index (χ1) is 19.0. The molecule has 3 aromatic rings. The van der Waals surface area contributed by atoms with Crippen LogP contribution in [0.2, 0.25) is 5.15 Å². The minimum absolute atomic E-state index is 0.0779. The van der Waals surface area contributed by atoms with Crippen LogP contribution in [0.5, 0.6) is 5.75 Å². The molecule has 3 heterocycles. The van der Waals surface area contributed by atoms with Crippen LogP contribution >= 0.6 is 11.6 Å². The van der Waals surface area contributed by atoms with Gasteiger partial charge in [-0.1, -0.05) is 17.7 Å². The standard InChI is InChI=1S/C26H26ClF5N4O4/c1-3-35-22(14-39-23-8-4-5-10-38-23)34-36(25(35)37)20-13-21(40-15(2)26(30,31)32)17(12-19(20)29)18(28)11-16-7-6-9-33-24(16)27/h6-7,9,11-13,15,23H,3-5,8,10,14H2,1-2H3/b18-11-/t15-,23?/m0/s1. The van der Waals surface area contributed by atoms with Crippen molar-refractivity contribution in [3.8, 4) is 11.4 Å². The zero-order valence-corrected chi connectivity index (χ0v) is 22.3. The van der Waals surface area contributed by atoms with Gasteiger partial charge >= 0.3 is 11.9 Å². The number of benzene rings is 1. The number of nitrogens with zero attached hydrogens (tertiary/aromatic N) is 4. The maximum atomic E-state index is 15.4. The third kappa shape index (κ3) is 6.70. The first-order valence-corrected chi connectivity index (χ1v) is 12.8. The van der Waals surface area contributed by atoms with E-state index < -0.39 is 52.9 Å². The van der Waals surface area contributed by atoms with Crippen LogP contribution in [0.15, 0.2) is 35.3 Å². The quantitative estimate of drug-likeness (QED) is 0.223. The summed E-state index contributed by atoms with van der Waals surface area (Å²) < 4.78 is 88.9. The molecule has 0 amide bonds. The Morgan fingerprint density at radius 2 is 2.10 bits per heavy atom. The molecule has 1 aliphatic heterocycles. The average Bonchev–Trinajstić information content (AvgIpc) is 3.24. The summed E-state index contributed by atoms with van der Waals surface area (Å²) in [6, 6.07) is 4.31. The Balaban J connectivity index is 1.76. The van der Waals surface area contributed by atoms with Gasteiger partial charge in [0.1, 0.15) is 34.8 Å². The lowest BCUT2D eigenvalue weighted by molar-refractivity contribution is -0.189. The molecule has 216 valence electrons. The van der Waals surface area contributed by atoms with Crippen molar-refractivity contribution in [1.29, 1.82) is 0 Å². The molecular weight excluding hydrogens is 563 g/mol. The third-order valence-electron chi connectivity index (χ3n) is 6.16. The minimum Gasteiger partial charge on any atom is -0.480 e. The van der Waals surface area contributed by atoms with Gasteiger partial charge in [0.25, 0.3) is 0 Å². The van der Waals surface area contributed by atoms with Crippen LogP contribution in [-0.2, 0) is 22.6 Å². The van der Waals surface area contributed by atoms with E-state index in [1.54, 1.807) is 6.92 Å². The number of hydrogen-bond donors (Lipinski definition) is 0. The Hall–Kier alpha value is -3.29. The second kappa shape index (κ2) is 12.5. The van der Waals surface area contributed by atoms with E-state index >= 15 is 8.78 Å². The van der Waals surface area contributed by atoms with Gasteiger partial charge in [0, 0.05) is 31.0 Å². The van der Waals surface area contributed by atoms with Gasteiger partial charge in [0.05, 0.1) is 5.56 Å². The highest BCUT2D eigenvalue weighted by molar-refractivity contribution is 6.31. The maximum Gasteiger partial charge on any atom is 0.425 e. The summed E-state index contributed by atoms with van der Waals surface area (Å²) in [6.07, 6.45) is -2.96. The van der Waals surface area contributed by atoms with Gasteiger partial charge < -0.3 is 14.2 Å². The van der Waals surface area contributed by atoms with Crippen LogP contribution in [0, 0.1) is 5.82 Å². The highest BCUT2D eigenvalue weighted by Crippen LogP contribution is 2.36. The van der Waals surface area contributed by atoms with E-state index in [4.69, 9.17) is 25.8 Å². The molecule has 1 fully saturated rings. The fraction of sp³-hybridized carbons (Fsp3) is 0.423. The number of hydrogen-bond acceptors (Lipinski definition) is 6. The first kappa shape index (κ1) is 29.7. The highest BCUT2D eigenvalue weighted by atomic mass is 35.5. The molecular formula is C26H26ClF5N4O4. The second-order valence-electron chi connectivity index (χ2n) is 8.94. The van der Waals surface area contributed by atoms with Crippen LogP contribution in [0.1, 0.15) is 50.1 Å². The van der Waals surface area contributed by atoms with Crippen LogP contribution in [0.4, 0.5) is 22.0 Å². The maximum absolute atomic E-state index is 15.4. The van der Waals surface area contributed by atoms with Crippen molar-refractivity contribution in [2.75, 3.05) is 6.61 Å². The van der Waals surface area contributed by atoms with E-state index in [2.05, 4.69) is 10.1 Å². The number of aromatic nitrogens is 4. The fourth-order valence-corrected chi connectivity index (χ4v) is 4.17. The van der Waals surface area contributed by atoms with Crippen molar-refractivity contribution in [3.63, 3.8) is 0 Å². The summed E-state index contributed by atoms with van der Waals surface area (Å²) in [5, 5.41) is 4.08. The van der Waals surface area contributed by atoms with E-state index in [1.165, 1.54) is 22.9 Å². The van der Waals surface area contributed by atoms with Crippen LogP contribution in [-0.4, -0.2) is 44.5 Å². The van der Waals surface area contributed by atoms with Gasteiger partial charge in [0.15, 0.2) is 18.2 Å². The molecule has 0 saturated carbocycles. The van der Waals surface area contributed by atoms with Crippen LogP contribution < -0.4 is 10.4 Å². The molecule has 2 atom stereocenters. The lowest BCUT2D eigenvalue weighted by Crippen LogP contribution is -2.31. The van der Waals surface area contributed by atoms with E-state index in [9.17, 15) is 18.0 Å². The number of alkyl halides is 3. The molecule has 1 saturated heterocycles. The van der Waals surface area contributed by atoms with E-state index in [0.717, 1.165) is 25.0 Å². The second-order valence-corrected chi connectivity index (χ2v) is 9.30. The molecule has 1 unspecified atom stereocenters. The van der Waals surface area contributed by atoms with Gasteiger partial charge in [-0.15, -0.1) is 5.10 Å². The SMILES string of the molecule is CCn1c(COC2CCCCO2)nn(-c2cc(O[C@@H](C)C(F)(F)F)c(/C(F)=C/c3cccnc3Cl)cc2F)c1=O. The Morgan fingerprint density at radius 3 is 2.75 bits per heavy atom. The van der Waals surface area contributed by atoms with Crippen LogP contribution in [0.25, 0.3) is 17.6 Å². The normalized spacial score (nSPS) is 17.2. The summed E-state index contributed by atoms with van der Waals surface area (Å²) in [6.45, 7) is 2.94. The summed E-state index contributed by atoms with van der Waals surface area (Å²) in [5.74, 6) is -2.79. The lowest BCUT2D eigenvalue weighted by Gasteiger charge is -2.22. The predicted molar refractivity (Wildman–Crippen MR) is 136 cm³/mol. The number of rotatable bonds is 9. The third-order valence-corrected chi connectivity index (χ3v) is 6.48. The smallest absolute Gasteiger partial charge is 0.425 e. The number of halogens is 6. The summed E-state index contributed by atoms with van der Waals surface area (Å²) in [5.41, 5.74) is -1.83.